The minimum absolute atomic E-state index is 0.190. The van der Waals surface area contributed by atoms with E-state index in [1.165, 1.54) is 0 Å². The zero-order valence-corrected chi connectivity index (χ0v) is 12.4. The van der Waals surface area contributed by atoms with Gasteiger partial charge in [0.2, 0.25) is 0 Å². The molecule has 5 nitrogen and oxygen atoms in total. The largest absolute Gasteiger partial charge is 0.500 e. The summed E-state index contributed by atoms with van der Waals surface area (Å²) in [4.78, 5) is 0. The first kappa shape index (κ1) is 17.0. The van der Waals surface area contributed by atoms with Crippen molar-refractivity contribution in [2.45, 2.75) is 39.8 Å². The van der Waals surface area contributed by atoms with E-state index >= 15 is 0 Å². The van der Waals surface area contributed by atoms with Crippen LogP contribution in [0.2, 0.25) is 6.04 Å². The van der Waals surface area contributed by atoms with Crippen molar-refractivity contribution in [2.24, 2.45) is 0 Å². The lowest BCUT2D eigenvalue weighted by Gasteiger charge is -2.26. The summed E-state index contributed by atoms with van der Waals surface area (Å²) < 4.78 is 21.3. The average Bonchev–Trinajstić information content (AvgIpc) is 3.14. The van der Waals surface area contributed by atoms with Crippen LogP contribution >= 0.6 is 0 Å². The van der Waals surface area contributed by atoms with Crippen LogP contribution in [0.3, 0.4) is 0 Å². The fourth-order valence-electron chi connectivity index (χ4n) is 1.26. The molecule has 0 aromatic heterocycles. The van der Waals surface area contributed by atoms with Gasteiger partial charge in [0.25, 0.3) is 0 Å². The Morgan fingerprint density at radius 1 is 1.06 bits per heavy atom. The summed E-state index contributed by atoms with van der Waals surface area (Å²) in [7, 11) is -2.27. The van der Waals surface area contributed by atoms with Gasteiger partial charge in [-0.25, -0.2) is 0 Å². The molecule has 0 aliphatic carbocycles. The van der Waals surface area contributed by atoms with Crippen molar-refractivity contribution >= 4 is 8.80 Å². The zero-order valence-electron chi connectivity index (χ0n) is 11.4. The first-order chi connectivity index (χ1) is 8.17. The molecular weight excluding hydrogens is 240 g/mol. The van der Waals surface area contributed by atoms with Gasteiger partial charge in [0, 0.05) is 25.9 Å². The van der Waals surface area contributed by atoms with Crippen LogP contribution in [0.1, 0.15) is 27.7 Å². The van der Waals surface area contributed by atoms with Crippen molar-refractivity contribution in [1.29, 1.82) is 0 Å². The van der Waals surface area contributed by atoms with Crippen LogP contribution in [-0.2, 0) is 18.0 Å². The Morgan fingerprint density at radius 2 is 1.47 bits per heavy atom. The molecule has 104 valence electrons. The maximum absolute atomic E-state index is 8.08. The molecule has 0 bridgehead atoms. The van der Waals surface area contributed by atoms with Crippen LogP contribution in [0, 0.1) is 0 Å². The Morgan fingerprint density at radius 3 is 1.59 bits per heavy atom. The summed E-state index contributed by atoms with van der Waals surface area (Å²) in [6.07, 6.45) is 0.190. The van der Waals surface area contributed by atoms with Crippen LogP contribution in [0.4, 0.5) is 0 Å². The highest BCUT2D eigenvalue weighted by Crippen LogP contribution is 2.14. The number of epoxide rings is 1. The molecule has 0 amide bonds. The first-order valence-corrected chi connectivity index (χ1v) is 8.25. The van der Waals surface area contributed by atoms with Crippen molar-refractivity contribution in [3.63, 3.8) is 0 Å². The molecule has 0 spiro atoms. The van der Waals surface area contributed by atoms with E-state index in [0.29, 0.717) is 19.8 Å². The van der Waals surface area contributed by atoms with E-state index in [2.05, 4.69) is 4.74 Å². The van der Waals surface area contributed by atoms with Gasteiger partial charge in [-0.15, -0.1) is 0 Å². The van der Waals surface area contributed by atoms with Gasteiger partial charge in [0.1, 0.15) is 6.10 Å². The smallest absolute Gasteiger partial charge is 0.394 e. The van der Waals surface area contributed by atoms with Gasteiger partial charge < -0.3 is 23.1 Å². The second kappa shape index (κ2) is 9.99. The fraction of sp³-hybridized carbons (Fsp3) is 1.00. The summed E-state index contributed by atoms with van der Waals surface area (Å²) in [5, 5.41) is 8.08. The van der Waals surface area contributed by atoms with Gasteiger partial charge in [0.05, 0.1) is 13.2 Å². The topological polar surface area (TPSA) is 60.5 Å². The second-order valence-electron chi connectivity index (χ2n) is 3.47. The van der Waals surface area contributed by atoms with Crippen LogP contribution in [-0.4, -0.2) is 53.0 Å². The Kier molecular flexibility index (Phi) is 10.00. The third-order valence-electron chi connectivity index (χ3n) is 2.13. The highest BCUT2D eigenvalue weighted by atomic mass is 28.4. The predicted molar refractivity (Wildman–Crippen MR) is 67.9 cm³/mol. The molecule has 0 aromatic carbocycles. The highest BCUT2D eigenvalue weighted by molar-refractivity contribution is 6.60. The minimum Gasteiger partial charge on any atom is -0.394 e. The van der Waals surface area contributed by atoms with Crippen LogP contribution in [0.5, 0.6) is 0 Å². The van der Waals surface area contributed by atoms with Crippen LogP contribution < -0.4 is 0 Å². The van der Waals surface area contributed by atoms with Gasteiger partial charge in [-0.2, -0.15) is 0 Å². The molecule has 1 saturated heterocycles. The maximum atomic E-state index is 8.08. The molecule has 1 heterocycles. The quantitative estimate of drug-likeness (QED) is 0.532. The molecular formula is C11H26O5Si. The van der Waals surface area contributed by atoms with Gasteiger partial charge in [-0.1, -0.05) is 6.92 Å². The summed E-state index contributed by atoms with van der Waals surface area (Å²) in [5.74, 6) is 0. The standard InChI is InChI=1S/C8H20O3Si.C3H6O2/c1-5-9-12(8-4,10-6-2)11-7-3;4-1-3-2-5-3/h5-8H2,1-4H3;3-4H,1-2H2. The molecule has 0 radical (unpaired) electrons. The number of ether oxygens (including phenoxy) is 1. The first-order valence-electron chi connectivity index (χ1n) is 6.32. The number of rotatable bonds is 8. The van der Waals surface area contributed by atoms with E-state index in [9.17, 15) is 0 Å². The van der Waals surface area contributed by atoms with Gasteiger partial charge in [-0.3, -0.25) is 0 Å². The zero-order chi connectivity index (χ0) is 13.1. The Balaban J connectivity index is 0.000000419. The third kappa shape index (κ3) is 7.85. The molecule has 1 aliphatic heterocycles. The SMILES string of the molecule is CCO[Si](CC)(OCC)OCC.OCC1CO1. The lowest BCUT2D eigenvalue weighted by molar-refractivity contribution is 0.0725. The summed E-state index contributed by atoms with van der Waals surface area (Å²) in [5.41, 5.74) is 0. The Bertz CT molecular complexity index is 158. The molecule has 1 N–H and O–H groups in total. The summed E-state index contributed by atoms with van der Waals surface area (Å²) >= 11 is 0. The molecule has 17 heavy (non-hydrogen) atoms. The molecule has 1 fully saturated rings. The Hall–Kier alpha value is 0.0169. The lowest BCUT2D eigenvalue weighted by atomic mass is 10.5. The Labute approximate surface area is 105 Å². The number of aliphatic hydroxyl groups excluding tert-OH is 1. The minimum atomic E-state index is -2.27. The predicted octanol–water partition coefficient (Wildman–Crippen LogP) is 1.43. The summed E-state index contributed by atoms with van der Waals surface area (Å²) in [6, 6.07) is 0.850. The van der Waals surface area contributed by atoms with Crippen molar-refractivity contribution in [3.8, 4) is 0 Å². The third-order valence-corrected chi connectivity index (χ3v) is 5.18. The van der Waals surface area contributed by atoms with E-state index in [-0.39, 0.29) is 12.7 Å². The molecule has 0 saturated carbocycles. The number of aliphatic hydroxyl groups is 1. The van der Waals surface area contributed by atoms with Gasteiger partial charge >= 0.3 is 8.80 Å². The van der Waals surface area contributed by atoms with Crippen molar-refractivity contribution in [1.82, 2.24) is 0 Å². The van der Waals surface area contributed by atoms with Gasteiger partial charge in [0.15, 0.2) is 0 Å². The van der Waals surface area contributed by atoms with Gasteiger partial charge in [-0.05, 0) is 20.8 Å². The van der Waals surface area contributed by atoms with Crippen molar-refractivity contribution in [3.05, 3.63) is 0 Å². The van der Waals surface area contributed by atoms with Crippen molar-refractivity contribution < 1.29 is 23.1 Å². The van der Waals surface area contributed by atoms with E-state index in [1.54, 1.807) is 0 Å². The molecule has 0 aromatic rings. The molecule has 1 atom stereocenters. The van der Waals surface area contributed by atoms with Crippen LogP contribution in [0.25, 0.3) is 0 Å². The highest BCUT2D eigenvalue weighted by Gasteiger charge is 2.37. The second-order valence-corrected chi connectivity index (χ2v) is 6.41. The fourth-order valence-corrected chi connectivity index (χ4v) is 3.45. The summed E-state index contributed by atoms with van der Waals surface area (Å²) in [6.45, 7) is 10.9. The monoisotopic (exact) mass is 266 g/mol. The molecule has 1 aliphatic rings. The van der Waals surface area contributed by atoms with E-state index in [4.69, 9.17) is 18.4 Å². The molecule has 6 heteroatoms. The molecule has 1 rings (SSSR count). The maximum Gasteiger partial charge on any atom is 0.500 e. The number of hydrogen-bond donors (Lipinski definition) is 1. The van der Waals surface area contributed by atoms with E-state index in [0.717, 1.165) is 12.7 Å². The van der Waals surface area contributed by atoms with Crippen molar-refractivity contribution in [2.75, 3.05) is 33.0 Å². The number of hydrogen-bond acceptors (Lipinski definition) is 5. The lowest BCUT2D eigenvalue weighted by Crippen LogP contribution is -2.45. The average molecular weight is 266 g/mol. The van der Waals surface area contributed by atoms with E-state index < -0.39 is 8.80 Å². The van der Waals surface area contributed by atoms with Crippen LogP contribution in [0.15, 0.2) is 0 Å². The molecule has 1 unspecified atom stereocenters. The normalized spacial score (nSPS) is 18.5. The van der Waals surface area contributed by atoms with E-state index in [1.807, 2.05) is 27.7 Å².